The molecule has 35 heavy (non-hydrogen) atoms. The number of aryl methyl sites for hydroxylation is 1. The molecular formula is C26H33N7O2. The van der Waals surface area contributed by atoms with Crippen LogP contribution in [0.25, 0.3) is 0 Å². The van der Waals surface area contributed by atoms with Crippen LogP contribution in [-0.2, 0) is 4.74 Å². The maximum atomic E-state index is 12.9. The van der Waals surface area contributed by atoms with Gasteiger partial charge in [-0.2, -0.15) is 5.26 Å². The molecule has 3 fully saturated rings. The van der Waals surface area contributed by atoms with Gasteiger partial charge in [0.25, 0.3) is 5.91 Å². The molecule has 1 saturated carbocycles. The standard InChI is InChI=1S/C26H33N7O2/c1-15-8-18(11-27)12-29-24(15)26(34)30-20-4-5-22-21(10-20)25(32-31-22)19-6-7-28-23(9-19)33-13-16(2)35-17(3)14-33/h6-9,12,16-17,20-22,25,31-32H,4-5,10,13-14H2,1-3H3,(H,30,34)/t16-,17-,20?,21?,22?,25?/m0/s1. The molecule has 4 heterocycles. The minimum atomic E-state index is -0.173. The Balaban J connectivity index is 1.28. The summed E-state index contributed by atoms with van der Waals surface area (Å²) in [4.78, 5) is 24.1. The molecule has 1 aliphatic carbocycles. The van der Waals surface area contributed by atoms with E-state index in [1.54, 1.807) is 6.07 Å². The van der Waals surface area contributed by atoms with Crippen molar-refractivity contribution in [1.29, 1.82) is 5.26 Å². The van der Waals surface area contributed by atoms with Crippen molar-refractivity contribution in [2.24, 2.45) is 5.92 Å². The van der Waals surface area contributed by atoms with Gasteiger partial charge in [-0.05, 0) is 75.3 Å². The van der Waals surface area contributed by atoms with Gasteiger partial charge in [0.15, 0.2) is 0 Å². The minimum absolute atomic E-state index is 0.0760. The van der Waals surface area contributed by atoms with Crippen LogP contribution in [0.4, 0.5) is 5.82 Å². The Morgan fingerprint density at radius 1 is 1.20 bits per heavy atom. The second kappa shape index (κ2) is 9.90. The number of nitrogens with zero attached hydrogens (tertiary/aromatic N) is 4. The number of amides is 1. The predicted molar refractivity (Wildman–Crippen MR) is 132 cm³/mol. The molecule has 2 aromatic heterocycles. The van der Waals surface area contributed by atoms with Crippen LogP contribution in [0.15, 0.2) is 30.6 Å². The molecule has 6 atom stereocenters. The number of nitrogens with one attached hydrogen (secondary N) is 3. The van der Waals surface area contributed by atoms with E-state index in [2.05, 4.69) is 63.1 Å². The summed E-state index contributed by atoms with van der Waals surface area (Å²) in [7, 11) is 0. The minimum Gasteiger partial charge on any atom is -0.372 e. The molecule has 0 radical (unpaired) electrons. The van der Waals surface area contributed by atoms with Crippen LogP contribution in [0, 0.1) is 24.2 Å². The van der Waals surface area contributed by atoms with Gasteiger partial charge in [-0.25, -0.2) is 15.4 Å². The lowest BCUT2D eigenvalue weighted by atomic mass is 9.77. The van der Waals surface area contributed by atoms with Gasteiger partial charge in [0.05, 0.1) is 23.8 Å². The third-order valence-electron chi connectivity index (χ3n) is 7.38. The van der Waals surface area contributed by atoms with E-state index in [0.717, 1.165) is 38.2 Å². The highest BCUT2D eigenvalue weighted by Gasteiger charge is 2.41. The molecule has 0 spiro atoms. The quantitative estimate of drug-likeness (QED) is 0.618. The molecule has 4 unspecified atom stereocenters. The number of nitriles is 1. The second-order valence-electron chi connectivity index (χ2n) is 10.1. The number of rotatable bonds is 4. The highest BCUT2D eigenvalue weighted by atomic mass is 16.5. The van der Waals surface area contributed by atoms with Gasteiger partial charge in [-0.1, -0.05) is 0 Å². The average molecular weight is 476 g/mol. The third kappa shape index (κ3) is 5.01. The zero-order valence-electron chi connectivity index (χ0n) is 20.5. The van der Waals surface area contributed by atoms with Crippen molar-refractivity contribution in [1.82, 2.24) is 26.1 Å². The number of carbonyl (C=O) groups excluding carboxylic acids is 1. The zero-order chi connectivity index (χ0) is 24.5. The number of fused-ring (bicyclic) bond motifs is 1. The van der Waals surface area contributed by atoms with E-state index in [0.29, 0.717) is 28.8 Å². The van der Waals surface area contributed by atoms with Crippen LogP contribution in [0.1, 0.15) is 66.3 Å². The van der Waals surface area contributed by atoms with Crippen molar-refractivity contribution >= 4 is 11.7 Å². The van der Waals surface area contributed by atoms with Gasteiger partial charge in [0, 0.05) is 37.6 Å². The van der Waals surface area contributed by atoms with Gasteiger partial charge < -0.3 is 15.0 Å². The molecule has 9 heteroatoms. The molecule has 1 amide bonds. The lowest BCUT2D eigenvalue weighted by molar-refractivity contribution is -0.00546. The number of hydrogen-bond donors (Lipinski definition) is 3. The maximum absolute atomic E-state index is 12.9. The molecule has 2 aliphatic heterocycles. The summed E-state index contributed by atoms with van der Waals surface area (Å²) < 4.78 is 5.89. The van der Waals surface area contributed by atoms with Crippen LogP contribution < -0.4 is 21.1 Å². The highest BCUT2D eigenvalue weighted by molar-refractivity contribution is 5.93. The van der Waals surface area contributed by atoms with Crippen molar-refractivity contribution in [2.75, 3.05) is 18.0 Å². The first-order valence-corrected chi connectivity index (χ1v) is 12.5. The molecule has 2 saturated heterocycles. The number of morpholine rings is 1. The Kier molecular flexibility index (Phi) is 6.69. The largest absolute Gasteiger partial charge is 0.372 e. The maximum Gasteiger partial charge on any atom is 0.270 e. The van der Waals surface area contributed by atoms with Crippen molar-refractivity contribution in [3.05, 3.63) is 53.0 Å². The Hall–Kier alpha value is -3.06. The summed E-state index contributed by atoms with van der Waals surface area (Å²) in [6, 6.07) is 8.64. The van der Waals surface area contributed by atoms with Gasteiger partial charge >= 0.3 is 0 Å². The van der Waals surface area contributed by atoms with Gasteiger partial charge in [-0.15, -0.1) is 0 Å². The molecule has 9 nitrogen and oxygen atoms in total. The Bertz CT molecular complexity index is 1120. The molecule has 3 N–H and O–H groups in total. The molecule has 3 aliphatic rings. The monoisotopic (exact) mass is 475 g/mol. The fraction of sp³-hybridized carbons (Fsp3) is 0.538. The molecule has 0 aromatic carbocycles. The van der Waals surface area contributed by atoms with Crippen molar-refractivity contribution in [3.8, 4) is 6.07 Å². The zero-order valence-corrected chi connectivity index (χ0v) is 20.5. The number of hydrazine groups is 1. The number of anilines is 1. The molecule has 2 aromatic rings. The Morgan fingerprint density at radius 2 is 2.00 bits per heavy atom. The number of carbonyl (C=O) groups is 1. The Morgan fingerprint density at radius 3 is 2.74 bits per heavy atom. The van der Waals surface area contributed by atoms with E-state index < -0.39 is 0 Å². The average Bonchev–Trinajstić information content (AvgIpc) is 3.26. The van der Waals surface area contributed by atoms with E-state index in [4.69, 9.17) is 10.00 Å². The van der Waals surface area contributed by atoms with Crippen LogP contribution in [0.5, 0.6) is 0 Å². The number of pyridine rings is 2. The summed E-state index contributed by atoms with van der Waals surface area (Å²) >= 11 is 0. The first-order valence-electron chi connectivity index (χ1n) is 12.5. The Labute approximate surface area is 206 Å². The molecule has 184 valence electrons. The van der Waals surface area contributed by atoms with Crippen LogP contribution >= 0.6 is 0 Å². The van der Waals surface area contributed by atoms with E-state index >= 15 is 0 Å². The summed E-state index contributed by atoms with van der Waals surface area (Å²) in [6.07, 6.45) is 6.47. The smallest absolute Gasteiger partial charge is 0.270 e. The van der Waals surface area contributed by atoms with Crippen molar-refractivity contribution in [2.45, 2.75) is 70.4 Å². The first kappa shape index (κ1) is 23.7. The van der Waals surface area contributed by atoms with Crippen LogP contribution in [-0.4, -0.2) is 53.3 Å². The van der Waals surface area contributed by atoms with E-state index in [9.17, 15) is 4.79 Å². The fourth-order valence-electron chi connectivity index (χ4n) is 5.81. The summed E-state index contributed by atoms with van der Waals surface area (Å²) in [5.74, 6) is 1.16. The van der Waals surface area contributed by atoms with Gasteiger partial charge in [-0.3, -0.25) is 10.2 Å². The first-order chi connectivity index (χ1) is 16.9. The SMILES string of the molecule is Cc1cc(C#N)cnc1C(=O)NC1CCC2NNC(c3ccnc(N4C[C@H](C)O[C@@H](C)C4)c3)C2C1. The third-order valence-corrected chi connectivity index (χ3v) is 7.38. The summed E-state index contributed by atoms with van der Waals surface area (Å²) in [5, 5.41) is 12.3. The van der Waals surface area contributed by atoms with Gasteiger partial charge in [0.1, 0.15) is 17.6 Å². The fourth-order valence-corrected chi connectivity index (χ4v) is 5.81. The molecule has 0 bridgehead atoms. The van der Waals surface area contributed by atoms with Crippen LogP contribution in [0.2, 0.25) is 0 Å². The number of hydrogen-bond acceptors (Lipinski definition) is 8. The molecular weight excluding hydrogens is 442 g/mol. The van der Waals surface area contributed by atoms with E-state index in [-0.39, 0.29) is 30.2 Å². The van der Waals surface area contributed by atoms with Crippen LogP contribution in [0.3, 0.4) is 0 Å². The summed E-state index contributed by atoms with van der Waals surface area (Å²) in [6.45, 7) is 7.69. The number of ether oxygens (including phenoxy) is 1. The lowest BCUT2D eigenvalue weighted by Gasteiger charge is -2.36. The topological polar surface area (TPSA) is 115 Å². The van der Waals surface area contributed by atoms with Crippen molar-refractivity contribution in [3.63, 3.8) is 0 Å². The summed E-state index contributed by atoms with van der Waals surface area (Å²) in [5.41, 5.74) is 9.77. The normalized spacial score (nSPS) is 30.4. The molecule has 5 rings (SSSR count). The van der Waals surface area contributed by atoms with E-state index in [1.165, 1.54) is 11.8 Å². The van der Waals surface area contributed by atoms with E-state index in [1.807, 2.05) is 13.1 Å². The van der Waals surface area contributed by atoms with Gasteiger partial charge in [0.2, 0.25) is 0 Å². The second-order valence-corrected chi connectivity index (χ2v) is 10.1. The van der Waals surface area contributed by atoms with Crippen molar-refractivity contribution < 1.29 is 9.53 Å². The highest BCUT2D eigenvalue weighted by Crippen LogP contribution is 2.38. The lowest BCUT2D eigenvalue weighted by Crippen LogP contribution is -2.46. The predicted octanol–water partition coefficient (Wildman–Crippen LogP) is 2.39. The number of aromatic nitrogens is 2.